The van der Waals surface area contributed by atoms with Gasteiger partial charge in [0.25, 0.3) is 15.7 Å². The number of hydrogen-bond donors (Lipinski definition) is 2. The molecule has 2 aromatic rings. The second-order valence-corrected chi connectivity index (χ2v) is 8.40. The van der Waals surface area contributed by atoms with E-state index in [1.165, 1.54) is 12.1 Å². The van der Waals surface area contributed by atoms with Crippen LogP contribution in [-0.2, 0) is 10.0 Å². The van der Waals surface area contributed by atoms with Gasteiger partial charge in [-0.1, -0.05) is 17.7 Å². The molecule has 3 rings (SSSR count). The third-order valence-electron chi connectivity index (χ3n) is 4.58. The lowest BCUT2D eigenvalue weighted by Crippen LogP contribution is -2.22. The lowest BCUT2D eigenvalue weighted by Gasteiger charge is -2.18. The molecule has 0 bridgehead atoms. The van der Waals surface area contributed by atoms with Crippen LogP contribution in [0.25, 0.3) is 0 Å². The number of anilines is 2. The predicted molar refractivity (Wildman–Crippen MR) is 103 cm³/mol. The molecule has 2 N–H and O–H groups in total. The molecule has 2 aromatic carbocycles. The Morgan fingerprint density at radius 3 is 2.56 bits per heavy atom. The Morgan fingerprint density at radius 1 is 1.22 bits per heavy atom. The van der Waals surface area contributed by atoms with Crippen LogP contribution in [0, 0.1) is 24.0 Å². The molecule has 1 fully saturated rings. The van der Waals surface area contributed by atoms with Crippen molar-refractivity contribution >= 4 is 27.1 Å². The predicted octanol–water partition coefficient (Wildman–Crippen LogP) is 2.58. The number of aliphatic hydroxyl groups excluding tert-OH is 1. The normalized spacial score (nSPS) is 17.1. The maximum atomic E-state index is 12.7. The van der Waals surface area contributed by atoms with E-state index in [1.807, 2.05) is 13.0 Å². The molecule has 0 saturated carbocycles. The summed E-state index contributed by atoms with van der Waals surface area (Å²) in [5.41, 5.74) is 2.20. The average Bonchev–Trinajstić information content (AvgIpc) is 3.03. The second kappa shape index (κ2) is 7.16. The first-order valence-corrected chi connectivity index (χ1v) is 9.97. The number of nitrogens with zero attached hydrogens (tertiary/aromatic N) is 2. The summed E-state index contributed by atoms with van der Waals surface area (Å²) in [7, 11) is -3.98. The van der Waals surface area contributed by atoms with E-state index >= 15 is 0 Å². The number of benzene rings is 2. The summed E-state index contributed by atoms with van der Waals surface area (Å²) in [6.45, 7) is 4.46. The average molecular weight is 391 g/mol. The lowest BCUT2D eigenvalue weighted by molar-refractivity contribution is -0.384. The number of aliphatic hydroxyl groups is 1. The van der Waals surface area contributed by atoms with Gasteiger partial charge in [-0.15, -0.1) is 0 Å². The zero-order valence-corrected chi connectivity index (χ0v) is 15.9. The number of β-amino-alcohol motifs (C(OH)–C–C–N with tert-alkyl or cyclic N) is 1. The van der Waals surface area contributed by atoms with Gasteiger partial charge < -0.3 is 10.0 Å². The van der Waals surface area contributed by atoms with Crippen molar-refractivity contribution in [3.05, 3.63) is 57.6 Å². The largest absolute Gasteiger partial charge is 0.391 e. The van der Waals surface area contributed by atoms with Crippen molar-refractivity contribution in [3.8, 4) is 0 Å². The Bertz CT molecular complexity index is 990. The van der Waals surface area contributed by atoms with Crippen LogP contribution in [0.5, 0.6) is 0 Å². The van der Waals surface area contributed by atoms with Gasteiger partial charge in [0.15, 0.2) is 0 Å². The van der Waals surface area contributed by atoms with Crippen molar-refractivity contribution in [1.29, 1.82) is 0 Å². The SMILES string of the molecule is Cc1ccc(NS(=O)(=O)c2ccc(N3CC[C@H](O)C3)c([N+](=O)[O-])c2)c(C)c1. The molecule has 9 heteroatoms. The van der Waals surface area contributed by atoms with Gasteiger partial charge in [0.05, 0.1) is 21.6 Å². The van der Waals surface area contributed by atoms with Crippen LogP contribution < -0.4 is 9.62 Å². The molecular weight excluding hydrogens is 370 g/mol. The van der Waals surface area contributed by atoms with E-state index in [-0.39, 0.29) is 17.1 Å². The fourth-order valence-corrected chi connectivity index (χ4v) is 4.33. The topological polar surface area (TPSA) is 113 Å². The molecular formula is C18H21N3O5S. The van der Waals surface area contributed by atoms with E-state index in [1.54, 1.807) is 24.0 Å². The van der Waals surface area contributed by atoms with Crippen molar-refractivity contribution < 1.29 is 18.4 Å². The molecule has 1 aliphatic rings. The molecule has 1 heterocycles. The van der Waals surface area contributed by atoms with Gasteiger partial charge in [-0.25, -0.2) is 8.42 Å². The van der Waals surface area contributed by atoms with E-state index in [2.05, 4.69) is 4.72 Å². The van der Waals surface area contributed by atoms with Gasteiger partial charge in [-0.2, -0.15) is 0 Å². The van der Waals surface area contributed by atoms with E-state index in [0.29, 0.717) is 24.3 Å². The minimum absolute atomic E-state index is 0.183. The molecule has 27 heavy (non-hydrogen) atoms. The fourth-order valence-electron chi connectivity index (χ4n) is 3.18. The van der Waals surface area contributed by atoms with E-state index < -0.39 is 21.1 Å². The van der Waals surface area contributed by atoms with Crippen LogP contribution in [0.15, 0.2) is 41.3 Å². The Kier molecular flexibility index (Phi) is 5.07. The first-order chi connectivity index (χ1) is 12.7. The number of nitro benzene ring substituents is 1. The molecule has 0 unspecified atom stereocenters. The number of sulfonamides is 1. The highest BCUT2D eigenvalue weighted by molar-refractivity contribution is 7.92. The highest BCUT2D eigenvalue weighted by Gasteiger charge is 2.28. The molecule has 144 valence electrons. The third kappa shape index (κ3) is 4.04. The van der Waals surface area contributed by atoms with Crippen LogP contribution >= 0.6 is 0 Å². The van der Waals surface area contributed by atoms with Gasteiger partial charge in [0, 0.05) is 19.2 Å². The highest BCUT2D eigenvalue weighted by Crippen LogP contribution is 2.33. The zero-order chi connectivity index (χ0) is 19.8. The number of aryl methyl sites for hydroxylation is 2. The Labute approximate surface area is 157 Å². The Hall–Kier alpha value is -2.65. The smallest absolute Gasteiger partial charge is 0.293 e. The summed E-state index contributed by atoms with van der Waals surface area (Å²) >= 11 is 0. The summed E-state index contributed by atoms with van der Waals surface area (Å²) in [6.07, 6.45) is -0.0231. The zero-order valence-electron chi connectivity index (χ0n) is 15.0. The van der Waals surface area contributed by atoms with Gasteiger partial charge in [-0.05, 0) is 44.0 Å². The molecule has 1 atom stereocenters. The third-order valence-corrected chi connectivity index (χ3v) is 5.95. The maximum absolute atomic E-state index is 12.7. The Balaban J connectivity index is 1.96. The lowest BCUT2D eigenvalue weighted by atomic mass is 10.1. The van der Waals surface area contributed by atoms with Crippen LogP contribution in [0.3, 0.4) is 0 Å². The summed E-state index contributed by atoms with van der Waals surface area (Å²) in [4.78, 5) is 12.4. The fraction of sp³-hybridized carbons (Fsp3) is 0.333. The standard InChI is InChI=1S/C18H21N3O5S/c1-12-3-5-16(13(2)9-12)19-27(25,26)15-4-6-17(18(10-15)21(23)24)20-8-7-14(22)11-20/h3-6,9-10,14,19,22H,7-8,11H2,1-2H3/t14-/m0/s1. The first-order valence-electron chi connectivity index (χ1n) is 8.49. The summed E-state index contributed by atoms with van der Waals surface area (Å²) in [5.74, 6) is 0. The summed E-state index contributed by atoms with van der Waals surface area (Å²) < 4.78 is 27.9. The van der Waals surface area contributed by atoms with Crippen LogP contribution in [0.1, 0.15) is 17.5 Å². The highest BCUT2D eigenvalue weighted by atomic mass is 32.2. The number of nitro groups is 1. The van der Waals surface area contributed by atoms with Crippen molar-refractivity contribution in [2.75, 3.05) is 22.7 Å². The number of nitrogens with one attached hydrogen (secondary N) is 1. The molecule has 1 saturated heterocycles. The summed E-state index contributed by atoms with van der Waals surface area (Å²) in [6, 6.07) is 9.13. The number of hydrogen-bond acceptors (Lipinski definition) is 6. The van der Waals surface area contributed by atoms with Crippen LogP contribution in [0.2, 0.25) is 0 Å². The van der Waals surface area contributed by atoms with Gasteiger partial charge in [0.1, 0.15) is 5.69 Å². The molecule has 0 radical (unpaired) electrons. The molecule has 1 aliphatic heterocycles. The van der Waals surface area contributed by atoms with E-state index in [9.17, 15) is 23.6 Å². The summed E-state index contributed by atoms with van der Waals surface area (Å²) in [5, 5.41) is 21.2. The molecule has 0 amide bonds. The van der Waals surface area contributed by atoms with Crippen LogP contribution in [-0.4, -0.2) is 37.6 Å². The Morgan fingerprint density at radius 2 is 1.96 bits per heavy atom. The minimum atomic E-state index is -3.98. The molecule has 0 spiro atoms. The molecule has 0 aliphatic carbocycles. The number of rotatable bonds is 5. The monoisotopic (exact) mass is 391 g/mol. The van der Waals surface area contributed by atoms with Gasteiger partial charge in [-0.3, -0.25) is 14.8 Å². The van der Waals surface area contributed by atoms with E-state index in [4.69, 9.17) is 0 Å². The first kappa shape index (κ1) is 19.1. The molecule has 8 nitrogen and oxygen atoms in total. The van der Waals surface area contributed by atoms with Crippen molar-refractivity contribution in [2.24, 2.45) is 0 Å². The minimum Gasteiger partial charge on any atom is -0.391 e. The van der Waals surface area contributed by atoms with Crippen molar-refractivity contribution in [1.82, 2.24) is 0 Å². The van der Waals surface area contributed by atoms with Crippen LogP contribution in [0.4, 0.5) is 17.1 Å². The quantitative estimate of drug-likeness (QED) is 0.598. The maximum Gasteiger partial charge on any atom is 0.293 e. The van der Waals surface area contributed by atoms with Gasteiger partial charge in [0.2, 0.25) is 0 Å². The second-order valence-electron chi connectivity index (χ2n) is 6.72. The van der Waals surface area contributed by atoms with Crippen molar-refractivity contribution in [3.63, 3.8) is 0 Å². The molecule has 0 aromatic heterocycles. The van der Waals surface area contributed by atoms with E-state index in [0.717, 1.165) is 17.2 Å². The van der Waals surface area contributed by atoms with Gasteiger partial charge >= 0.3 is 0 Å². The van der Waals surface area contributed by atoms with Crippen molar-refractivity contribution in [2.45, 2.75) is 31.3 Å².